The Morgan fingerprint density at radius 1 is 1.38 bits per heavy atom. The standard InChI is InChI=1S/C15H25N3OS2/c1-3-5-15(6-4-7-16-10-15)14-17-13(18-19-14)12-11(2)20-8-9-21-12/h11-12,16H,3-10H2,1-2H3. The van der Waals surface area contributed by atoms with E-state index in [2.05, 4.69) is 24.3 Å². The fourth-order valence-electron chi connectivity index (χ4n) is 3.43. The molecule has 0 saturated carbocycles. The lowest BCUT2D eigenvalue weighted by atomic mass is 9.77. The molecule has 6 heteroatoms. The summed E-state index contributed by atoms with van der Waals surface area (Å²) >= 11 is 4.00. The minimum atomic E-state index is 0.0635. The van der Waals surface area contributed by atoms with Gasteiger partial charge in [0.1, 0.15) is 0 Å². The Morgan fingerprint density at radius 2 is 2.24 bits per heavy atom. The van der Waals surface area contributed by atoms with E-state index in [0.29, 0.717) is 10.5 Å². The SMILES string of the molecule is CCCC1(c2nc(C3SCCSC3C)no2)CCCNC1. The van der Waals surface area contributed by atoms with Gasteiger partial charge in [-0.05, 0) is 25.8 Å². The van der Waals surface area contributed by atoms with Crippen LogP contribution in [-0.2, 0) is 5.41 Å². The number of hydrogen-bond donors (Lipinski definition) is 1. The third-order valence-corrected chi connectivity index (χ3v) is 7.63. The van der Waals surface area contributed by atoms with Crippen LogP contribution in [0, 0.1) is 0 Å². The fraction of sp³-hybridized carbons (Fsp3) is 0.867. The largest absolute Gasteiger partial charge is 0.339 e. The number of piperidine rings is 1. The predicted molar refractivity (Wildman–Crippen MR) is 90.1 cm³/mol. The van der Waals surface area contributed by atoms with Crippen LogP contribution in [0.25, 0.3) is 0 Å². The summed E-state index contributed by atoms with van der Waals surface area (Å²) in [6.07, 6.45) is 4.65. The Hall–Kier alpha value is -0.200. The van der Waals surface area contributed by atoms with Crippen LogP contribution in [0.5, 0.6) is 0 Å². The highest BCUT2D eigenvalue weighted by atomic mass is 32.2. The lowest BCUT2D eigenvalue weighted by Crippen LogP contribution is -2.43. The highest BCUT2D eigenvalue weighted by Gasteiger charge is 2.39. The number of hydrogen-bond acceptors (Lipinski definition) is 6. The van der Waals surface area contributed by atoms with Gasteiger partial charge in [0.05, 0.1) is 10.7 Å². The van der Waals surface area contributed by atoms with Gasteiger partial charge in [-0.1, -0.05) is 25.4 Å². The van der Waals surface area contributed by atoms with Crippen molar-refractivity contribution in [2.75, 3.05) is 24.6 Å². The van der Waals surface area contributed by atoms with Crippen LogP contribution in [-0.4, -0.2) is 40.0 Å². The Morgan fingerprint density at radius 3 is 2.95 bits per heavy atom. The molecule has 2 aliphatic heterocycles. The molecule has 3 heterocycles. The molecular formula is C15H25N3OS2. The maximum absolute atomic E-state index is 5.74. The van der Waals surface area contributed by atoms with Crippen molar-refractivity contribution in [2.45, 2.75) is 55.4 Å². The van der Waals surface area contributed by atoms with E-state index in [1.54, 1.807) is 0 Å². The van der Waals surface area contributed by atoms with Gasteiger partial charge in [0.2, 0.25) is 5.89 Å². The minimum absolute atomic E-state index is 0.0635. The molecule has 0 radical (unpaired) electrons. The van der Waals surface area contributed by atoms with Crippen molar-refractivity contribution < 1.29 is 4.52 Å². The quantitative estimate of drug-likeness (QED) is 0.915. The average Bonchev–Trinajstić information content (AvgIpc) is 2.99. The summed E-state index contributed by atoms with van der Waals surface area (Å²) in [6, 6.07) is 0. The van der Waals surface area contributed by atoms with Gasteiger partial charge in [0, 0.05) is 23.3 Å². The second-order valence-electron chi connectivity index (χ2n) is 6.14. The van der Waals surface area contributed by atoms with Crippen molar-refractivity contribution in [3.8, 4) is 0 Å². The van der Waals surface area contributed by atoms with Gasteiger partial charge in [-0.2, -0.15) is 16.7 Å². The fourth-order valence-corrected chi connectivity index (χ4v) is 6.11. The van der Waals surface area contributed by atoms with Crippen LogP contribution in [0.4, 0.5) is 0 Å². The second kappa shape index (κ2) is 6.92. The van der Waals surface area contributed by atoms with E-state index in [1.165, 1.54) is 17.9 Å². The first-order valence-corrected chi connectivity index (χ1v) is 10.1. The van der Waals surface area contributed by atoms with Gasteiger partial charge in [0.25, 0.3) is 0 Å². The van der Waals surface area contributed by atoms with Gasteiger partial charge in [0.15, 0.2) is 5.82 Å². The molecule has 118 valence electrons. The van der Waals surface area contributed by atoms with Crippen LogP contribution < -0.4 is 5.32 Å². The highest BCUT2D eigenvalue weighted by molar-refractivity contribution is 8.06. The van der Waals surface area contributed by atoms with Crippen LogP contribution in [0.2, 0.25) is 0 Å². The van der Waals surface area contributed by atoms with Crippen molar-refractivity contribution in [1.29, 1.82) is 0 Å². The zero-order valence-corrected chi connectivity index (χ0v) is 14.6. The zero-order valence-electron chi connectivity index (χ0n) is 12.9. The normalized spacial score (nSPS) is 34.0. The van der Waals surface area contributed by atoms with Crippen LogP contribution >= 0.6 is 23.5 Å². The van der Waals surface area contributed by atoms with E-state index in [9.17, 15) is 0 Å². The molecule has 0 aromatic carbocycles. The molecule has 3 rings (SSSR count). The van der Waals surface area contributed by atoms with Crippen LogP contribution in [0.3, 0.4) is 0 Å². The van der Waals surface area contributed by atoms with E-state index in [-0.39, 0.29) is 5.41 Å². The predicted octanol–water partition coefficient (Wildman–Crippen LogP) is 3.40. The van der Waals surface area contributed by atoms with Crippen molar-refractivity contribution in [3.63, 3.8) is 0 Å². The molecule has 2 aliphatic rings. The van der Waals surface area contributed by atoms with E-state index in [1.807, 2.05) is 23.5 Å². The van der Waals surface area contributed by atoms with E-state index in [0.717, 1.165) is 44.1 Å². The molecule has 3 unspecified atom stereocenters. The Labute approximate surface area is 135 Å². The lowest BCUT2D eigenvalue weighted by molar-refractivity contribution is 0.213. The summed E-state index contributed by atoms with van der Waals surface area (Å²) in [5, 5.41) is 8.82. The maximum Gasteiger partial charge on any atom is 0.234 e. The third kappa shape index (κ3) is 3.27. The van der Waals surface area contributed by atoms with E-state index < -0.39 is 0 Å². The molecule has 1 N–H and O–H groups in total. The molecule has 2 saturated heterocycles. The molecule has 2 fully saturated rings. The van der Waals surface area contributed by atoms with Crippen LogP contribution in [0.1, 0.15) is 56.5 Å². The molecule has 3 atom stereocenters. The molecule has 4 nitrogen and oxygen atoms in total. The van der Waals surface area contributed by atoms with E-state index >= 15 is 0 Å². The summed E-state index contributed by atoms with van der Waals surface area (Å²) < 4.78 is 5.74. The number of aromatic nitrogens is 2. The molecule has 0 amide bonds. The molecule has 0 aliphatic carbocycles. The summed E-state index contributed by atoms with van der Waals surface area (Å²) in [5.41, 5.74) is 0.0635. The third-order valence-electron chi connectivity index (χ3n) is 4.54. The first-order valence-electron chi connectivity index (χ1n) is 8.03. The summed E-state index contributed by atoms with van der Waals surface area (Å²) in [4.78, 5) is 4.85. The minimum Gasteiger partial charge on any atom is -0.339 e. The summed E-state index contributed by atoms with van der Waals surface area (Å²) in [7, 11) is 0. The van der Waals surface area contributed by atoms with Gasteiger partial charge in [-0.3, -0.25) is 0 Å². The number of rotatable bonds is 4. The van der Waals surface area contributed by atoms with Crippen molar-refractivity contribution in [2.24, 2.45) is 0 Å². The molecule has 1 aromatic rings. The molecule has 0 spiro atoms. The van der Waals surface area contributed by atoms with Crippen LogP contribution in [0.15, 0.2) is 4.52 Å². The van der Waals surface area contributed by atoms with Gasteiger partial charge >= 0.3 is 0 Å². The van der Waals surface area contributed by atoms with E-state index in [4.69, 9.17) is 9.51 Å². The lowest BCUT2D eigenvalue weighted by Gasteiger charge is -2.34. The Kier molecular flexibility index (Phi) is 5.17. The van der Waals surface area contributed by atoms with Gasteiger partial charge in [-0.15, -0.1) is 11.8 Å². The first-order chi connectivity index (χ1) is 10.2. The van der Waals surface area contributed by atoms with Crippen molar-refractivity contribution in [3.05, 3.63) is 11.7 Å². The number of nitrogens with one attached hydrogen (secondary N) is 1. The number of nitrogens with zero attached hydrogens (tertiary/aromatic N) is 2. The molecule has 1 aromatic heterocycles. The molecule has 0 bridgehead atoms. The Balaban J connectivity index is 1.81. The molecule has 21 heavy (non-hydrogen) atoms. The maximum atomic E-state index is 5.74. The molecular weight excluding hydrogens is 302 g/mol. The number of thioether (sulfide) groups is 2. The van der Waals surface area contributed by atoms with Crippen molar-refractivity contribution in [1.82, 2.24) is 15.5 Å². The summed E-state index contributed by atoms with van der Waals surface area (Å²) in [5.74, 6) is 4.20. The monoisotopic (exact) mass is 327 g/mol. The van der Waals surface area contributed by atoms with Crippen molar-refractivity contribution >= 4 is 23.5 Å². The smallest absolute Gasteiger partial charge is 0.234 e. The highest BCUT2D eigenvalue weighted by Crippen LogP contribution is 2.42. The first kappa shape index (κ1) is 15.7. The average molecular weight is 328 g/mol. The summed E-state index contributed by atoms with van der Waals surface area (Å²) in [6.45, 7) is 6.61. The Bertz CT molecular complexity index is 454. The topological polar surface area (TPSA) is 51.0 Å². The zero-order chi connectivity index (χ0) is 14.7. The second-order valence-corrected chi connectivity index (χ2v) is 8.87. The van der Waals surface area contributed by atoms with Gasteiger partial charge < -0.3 is 9.84 Å². The van der Waals surface area contributed by atoms with Gasteiger partial charge in [-0.25, -0.2) is 0 Å².